The molecule has 0 spiro atoms. The molecule has 3 aromatic rings. The van der Waals surface area contributed by atoms with Crippen molar-refractivity contribution in [1.82, 2.24) is 29.5 Å². The maximum absolute atomic E-state index is 12.0. The largest absolute Gasteiger partial charge is 0.355 e. The third kappa shape index (κ3) is 6.33. The van der Waals surface area contributed by atoms with Gasteiger partial charge in [-0.15, -0.1) is 0 Å². The van der Waals surface area contributed by atoms with E-state index < -0.39 is 0 Å². The molecule has 1 aromatic heterocycles. The highest BCUT2D eigenvalue weighted by molar-refractivity contribution is 7.71. The molecule has 34 heavy (non-hydrogen) atoms. The van der Waals surface area contributed by atoms with Gasteiger partial charge in [0, 0.05) is 43.3 Å². The second kappa shape index (κ2) is 11.8. The maximum Gasteiger partial charge on any atom is 0.234 e. The molecule has 4 rings (SSSR count). The van der Waals surface area contributed by atoms with E-state index in [2.05, 4.69) is 38.7 Å². The second-order valence-electron chi connectivity index (χ2n) is 8.57. The number of rotatable bonds is 9. The minimum Gasteiger partial charge on any atom is -0.355 e. The molecule has 1 amide bonds. The van der Waals surface area contributed by atoms with Crippen LogP contribution in [-0.2, 0) is 18.0 Å². The summed E-state index contributed by atoms with van der Waals surface area (Å²) in [5.41, 5.74) is 2.15. The number of hydrogen-bond donors (Lipinski definition) is 1. The lowest BCUT2D eigenvalue weighted by Crippen LogP contribution is -2.49. The number of carbonyl (C=O) groups excluding carboxylic acids is 1. The Bertz CT molecular complexity index is 1140. The minimum atomic E-state index is 0.102. The van der Waals surface area contributed by atoms with Crippen LogP contribution in [0.4, 0.5) is 0 Å². The number of nitrogens with one attached hydrogen (secondary N) is 1. The molecule has 1 saturated heterocycles. The van der Waals surface area contributed by atoms with Gasteiger partial charge < -0.3 is 5.32 Å². The summed E-state index contributed by atoms with van der Waals surface area (Å²) in [6.07, 6.45) is 0.953. The van der Waals surface area contributed by atoms with E-state index in [1.165, 1.54) is 5.56 Å². The number of piperazine rings is 1. The maximum atomic E-state index is 12.0. The predicted octanol–water partition coefficient (Wildman–Crippen LogP) is 3.88. The highest BCUT2D eigenvalue weighted by Gasteiger charge is 2.21. The van der Waals surface area contributed by atoms with E-state index in [1.54, 1.807) is 0 Å². The lowest BCUT2D eigenvalue weighted by Gasteiger charge is -2.33. The van der Waals surface area contributed by atoms with Crippen molar-refractivity contribution in [2.45, 2.75) is 26.6 Å². The lowest BCUT2D eigenvalue weighted by atomic mass is 10.2. The average Bonchev–Trinajstić information content (AvgIpc) is 3.15. The van der Waals surface area contributed by atoms with Crippen molar-refractivity contribution in [3.8, 4) is 11.4 Å². The lowest BCUT2D eigenvalue weighted by molar-refractivity contribution is -0.122. The average molecular weight is 499 g/mol. The first-order valence-electron chi connectivity index (χ1n) is 11.7. The van der Waals surface area contributed by atoms with Crippen LogP contribution in [0.3, 0.4) is 0 Å². The summed E-state index contributed by atoms with van der Waals surface area (Å²) in [5.74, 6) is 0.932. The molecule has 1 aliphatic rings. The van der Waals surface area contributed by atoms with Crippen LogP contribution in [0, 0.1) is 4.77 Å². The first-order chi connectivity index (χ1) is 16.5. The van der Waals surface area contributed by atoms with Crippen molar-refractivity contribution in [3.63, 3.8) is 0 Å². The predicted molar refractivity (Wildman–Crippen MR) is 138 cm³/mol. The molecular formula is C25H31ClN6OS. The van der Waals surface area contributed by atoms with Crippen molar-refractivity contribution < 1.29 is 4.79 Å². The van der Waals surface area contributed by atoms with Gasteiger partial charge in [-0.3, -0.25) is 19.2 Å². The van der Waals surface area contributed by atoms with Gasteiger partial charge in [-0.1, -0.05) is 48.9 Å². The van der Waals surface area contributed by atoms with Gasteiger partial charge in [-0.2, -0.15) is 5.10 Å². The highest BCUT2D eigenvalue weighted by Crippen LogP contribution is 2.22. The third-order valence-corrected chi connectivity index (χ3v) is 6.63. The van der Waals surface area contributed by atoms with Gasteiger partial charge in [0.25, 0.3) is 0 Å². The first-order valence-corrected chi connectivity index (χ1v) is 12.5. The van der Waals surface area contributed by atoms with Gasteiger partial charge in [-0.25, -0.2) is 4.68 Å². The Hall–Kier alpha value is -2.52. The number of amides is 1. The van der Waals surface area contributed by atoms with Gasteiger partial charge >= 0.3 is 0 Å². The molecule has 0 atom stereocenters. The van der Waals surface area contributed by atoms with E-state index in [9.17, 15) is 4.79 Å². The van der Waals surface area contributed by atoms with Crippen molar-refractivity contribution in [2.75, 3.05) is 39.3 Å². The van der Waals surface area contributed by atoms with E-state index in [0.717, 1.165) is 50.5 Å². The molecular weight excluding hydrogens is 468 g/mol. The molecule has 0 radical (unpaired) electrons. The summed E-state index contributed by atoms with van der Waals surface area (Å²) in [7, 11) is 0. The standard InChI is InChI=1S/C25H31ClN6OS/c1-2-12-27-23(33)18-29-13-15-30(16-14-29)19-32-25(34)31(17-20-6-4-3-5-7-20)24(28-32)21-8-10-22(26)11-9-21/h3-11H,2,12-19H2,1H3,(H,27,33). The van der Waals surface area contributed by atoms with Crippen LogP contribution in [0.15, 0.2) is 54.6 Å². The Morgan fingerprint density at radius 3 is 2.38 bits per heavy atom. The first kappa shape index (κ1) is 24.6. The summed E-state index contributed by atoms with van der Waals surface area (Å²) < 4.78 is 4.68. The molecule has 9 heteroatoms. The van der Waals surface area contributed by atoms with E-state index in [1.807, 2.05) is 47.1 Å². The van der Waals surface area contributed by atoms with Crippen LogP contribution in [0.2, 0.25) is 5.02 Å². The van der Waals surface area contributed by atoms with Crippen LogP contribution in [0.5, 0.6) is 0 Å². The van der Waals surface area contributed by atoms with Gasteiger partial charge in [-0.05, 0) is 48.5 Å². The van der Waals surface area contributed by atoms with Crippen molar-refractivity contribution in [1.29, 1.82) is 0 Å². The van der Waals surface area contributed by atoms with Crippen molar-refractivity contribution >= 4 is 29.7 Å². The number of carbonyl (C=O) groups is 1. The monoisotopic (exact) mass is 498 g/mol. The molecule has 2 aromatic carbocycles. The van der Waals surface area contributed by atoms with Crippen LogP contribution in [0.1, 0.15) is 18.9 Å². The highest BCUT2D eigenvalue weighted by atomic mass is 35.5. The normalized spacial score (nSPS) is 14.9. The Balaban J connectivity index is 1.48. The Labute approximate surface area is 210 Å². The van der Waals surface area contributed by atoms with Crippen LogP contribution in [-0.4, -0.2) is 69.3 Å². The molecule has 0 aliphatic carbocycles. The summed E-state index contributed by atoms with van der Waals surface area (Å²) >= 11 is 12.0. The summed E-state index contributed by atoms with van der Waals surface area (Å²) in [4.78, 5) is 16.6. The Morgan fingerprint density at radius 2 is 1.71 bits per heavy atom. The van der Waals surface area contributed by atoms with Crippen molar-refractivity contribution in [3.05, 3.63) is 70.0 Å². The SMILES string of the molecule is CCCNC(=O)CN1CCN(Cn2nc(-c3ccc(Cl)cc3)n(Cc3ccccc3)c2=S)CC1. The molecule has 180 valence electrons. The van der Waals surface area contributed by atoms with E-state index in [4.69, 9.17) is 28.9 Å². The fourth-order valence-electron chi connectivity index (χ4n) is 4.06. The summed E-state index contributed by atoms with van der Waals surface area (Å²) in [6, 6.07) is 18.0. The summed E-state index contributed by atoms with van der Waals surface area (Å²) in [5, 5.41) is 8.56. The zero-order chi connectivity index (χ0) is 23.9. The zero-order valence-corrected chi connectivity index (χ0v) is 21.1. The van der Waals surface area contributed by atoms with Gasteiger partial charge in [0.2, 0.25) is 5.91 Å². The van der Waals surface area contributed by atoms with E-state index in [-0.39, 0.29) is 5.91 Å². The molecule has 0 unspecified atom stereocenters. The third-order valence-electron chi connectivity index (χ3n) is 5.95. The molecule has 0 saturated carbocycles. The fourth-order valence-corrected chi connectivity index (χ4v) is 4.43. The van der Waals surface area contributed by atoms with Crippen LogP contribution < -0.4 is 5.32 Å². The number of hydrogen-bond acceptors (Lipinski definition) is 5. The second-order valence-corrected chi connectivity index (χ2v) is 9.37. The zero-order valence-electron chi connectivity index (χ0n) is 19.5. The fraction of sp³-hybridized carbons (Fsp3) is 0.400. The van der Waals surface area contributed by atoms with Crippen LogP contribution in [0.25, 0.3) is 11.4 Å². The minimum absolute atomic E-state index is 0.102. The smallest absolute Gasteiger partial charge is 0.234 e. The van der Waals surface area contributed by atoms with Gasteiger partial charge in [0.1, 0.15) is 0 Å². The molecule has 1 fully saturated rings. The Morgan fingerprint density at radius 1 is 1.03 bits per heavy atom. The number of halogens is 1. The Kier molecular flexibility index (Phi) is 8.50. The molecule has 1 N–H and O–H groups in total. The van der Waals surface area contributed by atoms with E-state index >= 15 is 0 Å². The van der Waals surface area contributed by atoms with Gasteiger partial charge in [0.05, 0.1) is 19.8 Å². The molecule has 7 nitrogen and oxygen atoms in total. The van der Waals surface area contributed by atoms with Crippen LogP contribution >= 0.6 is 23.8 Å². The molecule has 0 bridgehead atoms. The topological polar surface area (TPSA) is 58.3 Å². The molecule has 2 heterocycles. The molecule has 1 aliphatic heterocycles. The van der Waals surface area contributed by atoms with Crippen molar-refractivity contribution in [2.24, 2.45) is 0 Å². The van der Waals surface area contributed by atoms with E-state index in [0.29, 0.717) is 29.6 Å². The quantitative estimate of drug-likeness (QED) is 0.454. The summed E-state index contributed by atoms with van der Waals surface area (Å²) in [6.45, 7) is 7.95. The number of aromatic nitrogens is 3. The number of nitrogens with zero attached hydrogens (tertiary/aromatic N) is 5. The van der Waals surface area contributed by atoms with Gasteiger partial charge in [0.15, 0.2) is 10.6 Å². The number of benzene rings is 2.